The maximum absolute atomic E-state index is 15.4. The van der Waals surface area contributed by atoms with Gasteiger partial charge < -0.3 is 0 Å². The SMILES string of the molecule is Fc1ccc2c(c1)C(c1ccc(-c3ccc4ccc5cccnc5c4n3)cc1)(c1ccc(-c3ccc4ccc5cccnc5c4n3)cc1)c1cc(F)ccc1-2. The Labute approximate surface area is 314 Å². The van der Waals surface area contributed by atoms with Crippen molar-refractivity contribution in [2.75, 3.05) is 0 Å². The number of halogens is 2. The topological polar surface area (TPSA) is 51.6 Å². The van der Waals surface area contributed by atoms with E-state index < -0.39 is 5.41 Å². The van der Waals surface area contributed by atoms with E-state index in [1.54, 1.807) is 36.7 Å². The first-order chi connectivity index (χ1) is 27.0. The Morgan fingerprint density at radius 1 is 0.382 bits per heavy atom. The highest BCUT2D eigenvalue weighted by atomic mass is 19.1. The van der Waals surface area contributed by atoms with Crippen molar-refractivity contribution >= 4 is 43.6 Å². The summed E-state index contributed by atoms with van der Waals surface area (Å²) in [7, 11) is 0. The number of fused-ring (bicyclic) bond motifs is 9. The lowest BCUT2D eigenvalue weighted by molar-refractivity contribution is 0.616. The zero-order valence-electron chi connectivity index (χ0n) is 29.2. The summed E-state index contributed by atoms with van der Waals surface area (Å²) in [5, 5.41) is 4.09. The van der Waals surface area contributed by atoms with E-state index in [2.05, 4.69) is 70.6 Å². The second-order valence-corrected chi connectivity index (χ2v) is 14.1. The van der Waals surface area contributed by atoms with Crippen LogP contribution in [-0.2, 0) is 5.41 Å². The number of hydrogen-bond acceptors (Lipinski definition) is 4. The van der Waals surface area contributed by atoms with E-state index in [1.807, 2.05) is 60.7 Å². The van der Waals surface area contributed by atoms with E-state index in [-0.39, 0.29) is 11.6 Å². The first kappa shape index (κ1) is 31.4. The molecular formula is C49H28F2N4. The number of nitrogens with zero attached hydrogens (tertiary/aromatic N) is 4. The molecule has 0 saturated heterocycles. The molecule has 0 aliphatic heterocycles. The van der Waals surface area contributed by atoms with Gasteiger partial charge in [-0.05, 0) is 81.9 Å². The lowest BCUT2D eigenvalue weighted by Crippen LogP contribution is -2.28. The number of rotatable bonds is 4. The number of benzene rings is 6. The summed E-state index contributed by atoms with van der Waals surface area (Å²) in [6.45, 7) is 0. The molecule has 6 aromatic carbocycles. The summed E-state index contributed by atoms with van der Waals surface area (Å²) >= 11 is 0. The summed E-state index contributed by atoms with van der Waals surface area (Å²) < 4.78 is 30.8. The summed E-state index contributed by atoms with van der Waals surface area (Å²) in [5.74, 6) is -0.709. The molecule has 10 aromatic rings. The van der Waals surface area contributed by atoms with Crippen molar-refractivity contribution in [3.05, 3.63) is 204 Å². The van der Waals surface area contributed by atoms with Crippen molar-refractivity contribution in [2.45, 2.75) is 5.41 Å². The highest BCUT2D eigenvalue weighted by Crippen LogP contribution is 2.56. The Balaban J connectivity index is 1.08. The van der Waals surface area contributed by atoms with Gasteiger partial charge in [-0.1, -0.05) is 109 Å². The minimum atomic E-state index is -1.01. The average molecular weight is 711 g/mol. The van der Waals surface area contributed by atoms with Crippen LogP contribution in [0.1, 0.15) is 22.3 Å². The molecule has 4 nitrogen and oxygen atoms in total. The highest BCUT2D eigenvalue weighted by Gasteiger charge is 2.46. The molecule has 55 heavy (non-hydrogen) atoms. The molecular weight excluding hydrogens is 683 g/mol. The lowest BCUT2D eigenvalue weighted by atomic mass is 9.67. The van der Waals surface area contributed by atoms with Gasteiger partial charge in [-0.15, -0.1) is 0 Å². The van der Waals surface area contributed by atoms with Gasteiger partial charge in [0.2, 0.25) is 0 Å². The highest BCUT2D eigenvalue weighted by molar-refractivity contribution is 6.04. The fraction of sp³-hybridized carbons (Fsp3) is 0.0204. The Hall–Kier alpha value is -7.18. The number of hydrogen-bond donors (Lipinski definition) is 0. The van der Waals surface area contributed by atoms with Crippen molar-refractivity contribution in [1.29, 1.82) is 0 Å². The maximum Gasteiger partial charge on any atom is 0.123 e. The third kappa shape index (κ3) is 4.74. The standard InChI is InChI=1S/C49H28F2N4/c50-37-19-21-39-40-22-20-38(51)28-42(40)49(41(39)27-37,35-15-9-29(10-16-35)43-23-13-33-7-5-31-3-1-25-52-45(31)47(33)54-43)36-17-11-30(12-18-36)44-24-14-34-8-6-32-4-2-26-53-46(32)48(34)55-44/h1-28H. The molecule has 258 valence electrons. The normalized spacial score (nSPS) is 13.1. The molecule has 4 heterocycles. The van der Waals surface area contributed by atoms with Crippen molar-refractivity contribution < 1.29 is 8.78 Å². The van der Waals surface area contributed by atoms with Gasteiger partial charge in [0.05, 0.1) is 38.9 Å². The fourth-order valence-electron chi connectivity index (χ4n) is 8.61. The van der Waals surface area contributed by atoms with Gasteiger partial charge in [0.1, 0.15) is 11.6 Å². The Bertz CT molecular complexity index is 2960. The van der Waals surface area contributed by atoms with Gasteiger partial charge in [0.25, 0.3) is 0 Å². The molecule has 6 heteroatoms. The molecule has 0 amide bonds. The zero-order valence-corrected chi connectivity index (χ0v) is 29.2. The Morgan fingerprint density at radius 3 is 1.22 bits per heavy atom. The monoisotopic (exact) mass is 710 g/mol. The Morgan fingerprint density at radius 2 is 0.782 bits per heavy atom. The van der Waals surface area contributed by atoms with Gasteiger partial charge in [-0.3, -0.25) is 9.97 Å². The molecule has 1 aliphatic carbocycles. The lowest BCUT2D eigenvalue weighted by Gasteiger charge is -2.34. The van der Waals surface area contributed by atoms with Crippen LogP contribution in [0.25, 0.3) is 77.3 Å². The van der Waals surface area contributed by atoms with Crippen molar-refractivity contribution in [3.63, 3.8) is 0 Å². The van der Waals surface area contributed by atoms with E-state index in [1.165, 1.54) is 12.1 Å². The maximum atomic E-state index is 15.4. The molecule has 0 atom stereocenters. The van der Waals surface area contributed by atoms with Crippen molar-refractivity contribution in [3.8, 4) is 33.6 Å². The summed E-state index contributed by atoms with van der Waals surface area (Å²) in [4.78, 5) is 19.4. The quantitative estimate of drug-likeness (QED) is 0.171. The molecule has 0 bridgehead atoms. The predicted octanol–water partition coefficient (Wildman–Crippen LogP) is 11.9. The molecule has 0 saturated carbocycles. The van der Waals surface area contributed by atoms with Gasteiger partial charge in [-0.25, -0.2) is 18.7 Å². The van der Waals surface area contributed by atoms with E-state index in [4.69, 9.17) is 9.97 Å². The average Bonchev–Trinajstić information content (AvgIpc) is 3.52. The van der Waals surface area contributed by atoms with E-state index in [0.29, 0.717) is 0 Å². The van der Waals surface area contributed by atoms with Crippen molar-refractivity contribution in [1.82, 2.24) is 19.9 Å². The Kier molecular flexibility index (Phi) is 6.79. The zero-order chi connectivity index (χ0) is 36.7. The van der Waals surface area contributed by atoms with Crippen LogP contribution in [0.15, 0.2) is 170 Å². The molecule has 1 aliphatic rings. The van der Waals surface area contributed by atoms with Crippen LogP contribution in [0, 0.1) is 11.6 Å². The van der Waals surface area contributed by atoms with E-state index in [0.717, 1.165) is 99.5 Å². The molecule has 11 rings (SSSR count). The number of pyridine rings is 4. The number of aromatic nitrogens is 4. The minimum Gasteiger partial charge on any atom is -0.254 e. The summed E-state index contributed by atoms with van der Waals surface area (Å²) in [5.41, 5.74) is 10.9. The van der Waals surface area contributed by atoms with Gasteiger partial charge >= 0.3 is 0 Å². The molecule has 0 radical (unpaired) electrons. The van der Waals surface area contributed by atoms with Gasteiger partial charge in [0, 0.05) is 45.1 Å². The van der Waals surface area contributed by atoms with Crippen LogP contribution in [0.2, 0.25) is 0 Å². The third-order valence-corrected chi connectivity index (χ3v) is 11.2. The largest absolute Gasteiger partial charge is 0.254 e. The minimum absolute atomic E-state index is 0.355. The third-order valence-electron chi connectivity index (χ3n) is 11.2. The van der Waals surface area contributed by atoms with E-state index in [9.17, 15) is 0 Å². The van der Waals surface area contributed by atoms with Crippen LogP contribution in [0.5, 0.6) is 0 Å². The van der Waals surface area contributed by atoms with Crippen LogP contribution < -0.4 is 0 Å². The fourth-order valence-corrected chi connectivity index (χ4v) is 8.61. The van der Waals surface area contributed by atoms with Crippen LogP contribution in [0.4, 0.5) is 8.78 Å². The smallest absolute Gasteiger partial charge is 0.123 e. The summed E-state index contributed by atoms with van der Waals surface area (Å²) in [6, 6.07) is 50.6. The summed E-state index contributed by atoms with van der Waals surface area (Å²) in [6.07, 6.45) is 3.58. The molecule has 0 unspecified atom stereocenters. The first-order valence-electron chi connectivity index (χ1n) is 18.2. The molecule has 0 fully saturated rings. The molecule has 0 spiro atoms. The molecule has 0 N–H and O–H groups in total. The predicted molar refractivity (Wildman–Crippen MR) is 216 cm³/mol. The van der Waals surface area contributed by atoms with Crippen molar-refractivity contribution in [2.24, 2.45) is 0 Å². The van der Waals surface area contributed by atoms with Gasteiger partial charge in [-0.2, -0.15) is 0 Å². The van der Waals surface area contributed by atoms with Crippen LogP contribution in [-0.4, -0.2) is 19.9 Å². The van der Waals surface area contributed by atoms with Crippen LogP contribution >= 0.6 is 0 Å². The second kappa shape index (κ2) is 11.9. The van der Waals surface area contributed by atoms with Gasteiger partial charge in [0.15, 0.2) is 0 Å². The molecule has 4 aromatic heterocycles. The first-order valence-corrected chi connectivity index (χ1v) is 18.2. The van der Waals surface area contributed by atoms with Crippen LogP contribution in [0.3, 0.4) is 0 Å². The van der Waals surface area contributed by atoms with E-state index >= 15 is 8.78 Å². The second-order valence-electron chi connectivity index (χ2n) is 14.1.